The predicted molar refractivity (Wildman–Crippen MR) is 113 cm³/mol. The van der Waals surface area contributed by atoms with Gasteiger partial charge >= 0.3 is 6.09 Å². The lowest BCUT2D eigenvalue weighted by Crippen LogP contribution is -2.34. The molecule has 160 valence electrons. The number of ether oxygens (including phenoxy) is 1. The van der Waals surface area contributed by atoms with Crippen LogP contribution in [0.5, 0.6) is 0 Å². The fourth-order valence-corrected chi connectivity index (χ4v) is 4.67. The molecule has 0 saturated carbocycles. The highest BCUT2D eigenvalue weighted by molar-refractivity contribution is 7.99. The first kappa shape index (κ1) is 19.7. The second kappa shape index (κ2) is 8.50. The lowest BCUT2D eigenvalue weighted by Gasteiger charge is -2.26. The maximum Gasteiger partial charge on any atom is 0.411 e. The monoisotopic (exact) mass is 441 g/mol. The van der Waals surface area contributed by atoms with Crippen molar-refractivity contribution in [3.8, 4) is 11.1 Å². The van der Waals surface area contributed by atoms with Gasteiger partial charge in [-0.25, -0.2) is 23.8 Å². The summed E-state index contributed by atoms with van der Waals surface area (Å²) >= 11 is 1.92. The molecule has 4 heterocycles. The van der Waals surface area contributed by atoms with Crippen molar-refractivity contribution in [1.82, 2.24) is 29.9 Å². The van der Waals surface area contributed by atoms with E-state index in [2.05, 4.69) is 25.2 Å². The Morgan fingerprint density at radius 1 is 1.13 bits per heavy atom. The number of cyclic esters (lactones) is 1. The second-order valence-electron chi connectivity index (χ2n) is 7.17. The molecule has 3 aromatic rings. The average molecular weight is 441 g/mol. The molecule has 1 amide bonds. The third kappa shape index (κ3) is 3.92. The van der Waals surface area contributed by atoms with Crippen molar-refractivity contribution >= 4 is 23.8 Å². The van der Waals surface area contributed by atoms with Crippen LogP contribution in [0.2, 0.25) is 0 Å². The predicted octanol–water partition coefficient (Wildman–Crippen LogP) is 2.43. The van der Waals surface area contributed by atoms with E-state index in [1.165, 1.54) is 21.8 Å². The van der Waals surface area contributed by atoms with Crippen molar-refractivity contribution in [3.05, 3.63) is 54.4 Å². The number of aromatic nitrogens is 5. The zero-order chi connectivity index (χ0) is 21.2. The number of anilines is 1. The lowest BCUT2D eigenvalue weighted by molar-refractivity contribution is 0.139. The molecule has 9 nitrogen and oxygen atoms in total. The van der Waals surface area contributed by atoms with Gasteiger partial charge in [0.25, 0.3) is 0 Å². The van der Waals surface area contributed by atoms with Crippen LogP contribution in [0.25, 0.3) is 11.1 Å². The van der Waals surface area contributed by atoms with E-state index >= 15 is 4.39 Å². The Balaban J connectivity index is 1.43. The minimum Gasteiger partial charge on any atom is -0.447 e. The number of carbonyl (C=O) groups excluding carboxylic acids is 1. The number of rotatable bonds is 5. The molecule has 11 heteroatoms. The molecule has 0 radical (unpaired) electrons. The van der Waals surface area contributed by atoms with Crippen LogP contribution in [-0.4, -0.2) is 73.7 Å². The SMILES string of the molecule is O=C1OCCN1C(c1ccc(-c2cnc(N3CCSCC3)nc2)c(F)c1)n1ccnn1. The van der Waals surface area contributed by atoms with Crippen molar-refractivity contribution in [3.63, 3.8) is 0 Å². The van der Waals surface area contributed by atoms with Gasteiger partial charge in [0.05, 0.1) is 12.7 Å². The van der Waals surface area contributed by atoms with Gasteiger partial charge in [0, 0.05) is 54.3 Å². The normalized spacial score (nSPS) is 17.6. The van der Waals surface area contributed by atoms with E-state index in [1.54, 1.807) is 30.7 Å². The summed E-state index contributed by atoms with van der Waals surface area (Å²) in [6.45, 7) is 2.49. The highest BCUT2D eigenvalue weighted by atomic mass is 32.2. The van der Waals surface area contributed by atoms with Gasteiger partial charge in [0.1, 0.15) is 12.4 Å². The summed E-state index contributed by atoms with van der Waals surface area (Å²) in [7, 11) is 0. The number of nitrogens with zero attached hydrogens (tertiary/aromatic N) is 7. The van der Waals surface area contributed by atoms with Gasteiger partial charge in [-0.05, 0) is 11.6 Å². The molecule has 2 aliphatic heterocycles. The fourth-order valence-electron chi connectivity index (χ4n) is 3.76. The summed E-state index contributed by atoms with van der Waals surface area (Å²) in [4.78, 5) is 24.7. The van der Waals surface area contributed by atoms with Gasteiger partial charge in [0.15, 0.2) is 6.17 Å². The van der Waals surface area contributed by atoms with Crippen molar-refractivity contribution in [2.75, 3.05) is 42.6 Å². The summed E-state index contributed by atoms with van der Waals surface area (Å²) in [6.07, 6.45) is 5.33. The number of hydrogen-bond donors (Lipinski definition) is 0. The van der Waals surface area contributed by atoms with E-state index in [0.29, 0.717) is 29.2 Å². The largest absolute Gasteiger partial charge is 0.447 e. The molecule has 2 aliphatic rings. The Morgan fingerprint density at radius 2 is 1.94 bits per heavy atom. The molecule has 1 aromatic carbocycles. The molecule has 2 aromatic heterocycles. The first-order chi connectivity index (χ1) is 15.2. The first-order valence-corrected chi connectivity index (χ1v) is 11.1. The molecule has 31 heavy (non-hydrogen) atoms. The molecule has 5 rings (SSSR count). The molecule has 1 atom stereocenters. The molecule has 0 aliphatic carbocycles. The number of carbonyl (C=O) groups is 1. The Morgan fingerprint density at radius 3 is 2.58 bits per heavy atom. The summed E-state index contributed by atoms with van der Waals surface area (Å²) in [5.41, 5.74) is 1.55. The third-order valence-electron chi connectivity index (χ3n) is 5.31. The highest BCUT2D eigenvalue weighted by Crippen LogP contribution is 2.30. The number of benzene rings is 1. The van der Waals surface area contributed by atoms with Gasteiger partial charge < -0.3 is 9.64 Å². The van der Waals surface area contributed by atoms with Crippen molar-refractivity contribution < 1.29 is 13.9 Å². The highest BCUT2D eigenvalue weighted by Gasteiger charge is 2.33. The second-order valence-corrected chi connectivity index (χ2v) is 8.40. The Labute approximate surface area is 182 Å². The first-order valence-electron chi connectivity index (χ1n) is 9.94. The van der Waals surface area contributed by atoms with Crippen LogP contribution in [-0.2, 0) is 4.74 Å². The van der Waals surface area contributed by atoms with Gasteiger partial charge in [-0.1, -0.05) is 17.3 Å². The van der Waals surface area contributed by atoms with Crippen LogP contribution in [0.3, 0.4) is 0 Å². The molecular weight excluding hydrogens is 421 g/mol. The van der Waals surface area contributed by atoms with E-state index in [9.17, 15) is 4.79 Å². The van der Waals surface area contributed by atoms with Gasteiger partial charge in [-0.2, -0.15) is 11.8 Å². The number of hydrogen-bond acceptors (Lipinski definition) is 8. The number of thioether (sulfide) groups is 1. The quantitative estimate of drug-likeness (QED) is 0.597. The van der Waals surface area contributed by atoms with E-state index in [-0.39, 0.29) is 6.61 Å². The molecule has 0 bridgehead atoms. The van der Waals surface area contributed by atoms with Crippen LogP contribution in [0.1, 0.15) is 11.7 Å². The fraction of sp³-hybridized carbons (Fsp3) is 0.350. The van der Waals surface area contributed by atoms with Gasteiger partial charge in [0.2, 0.25) is 5.95 Å². The van der Waals surface area contributed by atoms with E-state index in [0.717, 1.165) is 24.6 Å². The maximum atomic E-state index is 15.1. The average Bonchev–Trinajstić information content (AvgIpc) is 3.48. The topological polar surface area (TPSA) is 89.3 Å². The third-order valence-corrected chi connectivity index (χ3v) is 6.26. The van der Waals surface area contributed by atoms with Crippen molar-refractivity contribution in [2.24, 2.45) is 0 Å². The summed E-state index contributed by atoms with van der Waals surface area (Å²) < 4.78 is 21.7. The van der Waals surface area contributed by atoms with Crippen molar-refractivity contribution in [2.45, 2.75) is 6.17 Å². The minimum absolute atomic E-state index is 0.282. The molecule has 2 fully saturated rings. The van der Waals surface area contributed by atoms with Crippen LogP contribution < -0.4 is 4.90 Å². The number of amides is 1. The van der Waals surface area contributed by atoms with Crippen LogP contribution in [0.4, 0.5) is 15.1 Å². The van der Waals surface area contributed by atoms with Gasteiger partial charge in [-0.3, -0.25) is 4.90 Å². The Hall–Kier alpha value is -3.21. The molecule has 0 N–H and O–H groups in total. The summed E-state index contributed by atoms with van der Waals surface area (Å²) in [6, 6.07) is 4.85. The standard InChI is InChI=1S/C20H20FN7O2S/c21-17-11-14(18(28-4-3-24-25-28)27-5-8-30-20(27)29)1-2-16(17)15-12-22-19(23-13-15)26-6-9-31-10-7-26/h1-4,11-13,18H,5-10H2. The minimum atomic E-state index is -0.642. The summed E-state index contributed by atoms with van der Waals surface area (Å²) in [5, 5.41) is 7.82. The maximum absolute atomic E-state index is 15.1. The lowest BCUT2D eigenvalue weighted by atomic mass is 10.0. The van der Waals surface area contributed by atoms with E-state index < -0.39 is 18.1 Å². The molecular formula is C20H20FN7O2S. The van der Waals surface area contributed by atoms with E-state index in [4.69, 9.17) is 4.74 Å². The molecule has 0 spiro atoms. The van der Waals surface area contributed by atoms with Crippen molar-refractivity contribution in [1.29, 1.82) is 0 Å². The zero-order valence-corrected chi connectivity index (χ0v) is 17.4. The smallest absolute Gasteiger partial charge is 0.411 e. The van der Waals surface area contributed by atoms with Crippen LogP contribution in [0.15, 0.2) is 43.0 Å². The van der Waals surface area contributed by atoms with Crippen LogP contribution >= 0.6 is 11.8 Å². The number of halogens is 1. The Bertz CT molecular complexity index is 1060. The van der Waals surface area contributed by atoms with Crippen LogP contribution in [0, 0.1) is 5.82 Å². The van der Waals surface area contributed by atoms with Gasteiger partial charge in [-0.15, -0.1) is 5.10 Å². The Kier molecular flexibility index (Phi) is 5.41. The summed E-state index contributed by atoms with van der Waals surface area (Å²) in [5.74, 6) is 2.35. The van der Waals surface area contributed by atoms with E-state index in [1.807, 2.05) is 11.8 Å². The molecule has 2 saturated heterocycles. The zero-order valence-electron chi connectivity index (χ0n) is 16.6. The molecule has 1 unspecified atom stereocenters.